The number of benzene rings is 2. The van der Waals surface area contributed by atoms with Gasteiger partial charge in [0.05, 0.1) is 12.1 Å². The summed E-state index contributed by atoms with van der Waals surface area (Å²) in [6.07, 6.45) is -0.0560. The predicted molar refractivity (Wildman–Crippen MR) is 106 cm³/mol. The molecule has 27 heavy (non-hydrogen) atoms. The van der Waals surface area contributed by atoms with Crippen LogP contribution in [0.15, 0.2) is 48.5 Å². The molecule has 0 aliphatic heterocycles. The Kier molecular flexibility index (Phi) is 4.63. The summed E-state index contributed by atoms with van der Waals surface area (Å²) < 4.78 is 4.31. The lowest BCUT2D eigenvalue weighted by atomic mass is 10.1. The molecule has 4 rings (SSSR count). The average Bonchev–Trinajstić information content (AvgIpc) is 3.28. The number of carbonyl (C=O) groups excluding carboxylic acids is 1. The molecule has 1 aromatic heterocycles. The summed E-state index contributed by atoms with van der Waals surface area (Å²) in [5.41, 5.74) is 3.44. The Hall–Kier alpha value is -2.77. The smallest absolute Gasteiger partial charge is 0.251 e. The Morgan fingerprint density at radius 3 is 2.81 bits per heavy atom. The van der Waals surface area contributed by atoms with Crippen molar-refractivity contribution >= 4 is 23.4 Å². The van der Waals surface area contributed by atoms with Crippen molar-refractivity contribution in [2.24, 2.45) is 0 Å². The lowest BCUT2D eigenvalue weighted by Gasteiger charge is -2.18. The van der Waals surface area contributed by atoms with E-state index in [1.807, 2.05) is 61.5 Å². The summed E-state index contributed by atoms with van der Waals surface area (Å²) in [6.45, 7) is 0. The minimum Gasteiger partial charge on any atom is -0.390 e. The molecule has 0 saturated carbocycles. The summed E-state index contributed by atoms with van der Waals surface area (Å²) in [5, 5.41) is 14.1. The van der Waals surface area contributed by atoms with Crippen molar-refractivity contribution in [3.05, 3.63) is 65.2 Å². The number of hydrogen-bond donors (Lipinski definition) is 2. The number of aromatic nitrogens is 2. The molecule has 2 N–H and O–H groups in total. The fraction of sp³-hybridized carbons (Fsp3) is 0.250. The van der Waals surface area contributed by atoms with Crippen molar-refractivity contribution in [1.29, 1.82) is 0 Å². The van der Waals surface area contributed by atoms with Crippen LogP contribution in [-0.2, 0) is 6.42 Å². The van der Waals surface area contributed by atoms with Gasteiger partial charge in [-0.1, -0.05) is 36.4 Å². The van der Waals surface area contributed by atoms with Gasteiger partial charge in [-0.3, -0.25) is 4.79 Å². The van der Waals surface area contributed by atoms with Crippen LogP contribution >= 0.6 is 11.5 Å². The first-order valence-corrected chi connectivity index (χ1v) is 9.48. The Morgan fingerprint density at radius 2 is 2.04 bits per heavy atom. The van der Waals surface area contributed by atoms with Crippen molar-refractivity contribution in [3.63, 3.8) is 0 Å². The van der Waals surface area contributed by atoms with E-state index in [0.29, 0.717) is 17.9 Å². The average molecular weight is 380 g/mol. The van der Waals surface area contributed by atoms with E-state index in [9.17, 15) is 9.90 Å². The van der Waals surface area contributed by atoms with Crippen molar-refractivity contribution in [2.75, 3.05) is 19.0 Å². The molecular formula is C20H20N4O2S. The maximum Gasteiger partial charge on any atom is 0.251 e. The highest BCUT2D eigenvalue weighted by atomic mass is 32.1. The number of amides is 1. The summed E-state index contributed by atoms with van der Waals surface area (Å²) in [4.78, 5) is 19.1. The van der Waals surface area contributed by atoms with E-state index < -0.39 is 6.10 Å². The van der Waals surface area contributed by atoms with Gasteiger partial charge in [0.2, 0.25) is 5.95 Å². The molecule has 7 heteroatoms. The molecule has 0 fully saturated rings. The van der Waals surface area contributed by atoms with Crippen LogP contribution in [0.4, 0.5) is 5.95 Å². The maximum absolute atomic E-state index is 12.8. The standard InChI is InChI=1S/C20H20N4O2S/c1-24(2)20-22-19(27-23-20)14-8-5-7-13(10-14)18(26)21-17-15-9-4-3-6-12(15)11-16(17)25/h3-10,16-17,25H,11H2,1-2H3,(H,21,26)/t16-,17+/m1/s1. The molecule has 2 aromatic carbocycles. The maximum atomic E-state index is 12.8. The first-order valence-electron chi connectivity index (χ1n) is 8.71. The predicted octanol–water partition coefficient (Wildman–Crippen LogP) is 2.66. The van der Waals surface area contributed by atoms with Crippen LogP contribution in [0.2, 0.25) is 0 Å². The van der Waals surface area contributed by atoms with Crippen LogP contribution in [0.1, 0.15) is 27.5 Å². The van der Waals surface area contributed by atoms with E-state index in [1.54, 1.807) is 6.07 Å². The van der Waals surface area contributed by atoms with E-state index in [2.05, 4.69) is 14.7 Å². The molecule has 6 nitrogen and oxygen atoms in total. The van der Waals surface area contributed by atoms with Gasteiger partial charge < -0.3 is 15.3 Å². The monoisotopic (exact) mass is 380 g/mol. The lowest BCUT2D eigenvalue weighted by molar-refractivity contribution is 0.0858. The Balaban J connectivity index is 1.56. The molecule has 0 spiro atoms. The largest absolute Gasteiger partial charge is 0.390 e. The van der Waals surface area contributed by atoms with Gasteiger partial charge in [0.15, 0.2) is 0 Å². The van der Waals surface area contributed by atoms with Gasteiger partial charge in [-0.2, -0.15) is 9.36 Å². The zero-order valence-electron chi connectivity index (χ0n) is 15.1. The van der Waals surface area contributed by atoms with Gasteiger partial charge in [-0.25, -0.2) is 0 Å². The molecule has 1 aliphatic rings. The van der Waals surface area contributed by atoms with E-state index >= 15 is 0 Å². The van der Waals surface area contributed by atoms with Crippen LogP contribution in [0, 0.1) is 0 Å². The first kappa shape index (κ1) is 17.6. The number of aliphatic hydroxyl groups is 1. The minimum absolute atomic E-state index is 0.213. The molecule has 0 unspecified atom stereocenters. The number of aliphatic hydroxyl groups excluding tert-OH is 1. The first-order chi connectivity index (χ1) is 13.0. The molecule has 1 aliphatic carbocycles. The number of anilines is 1. The van der Waals surface area contributed by atoms with Crippen molar-refractivity contribution in [1.82, 2.24) is 14.7 Å². The second-order valence-corrected chi connectivity index (χ2v) is 7.55. The van der Waals surface area contributed by atoms with Crippen LogP contribution < -0.4 is 10.2 Å². The van der Waals surface area contributed by atoms with E-state index in [1.165, 1.54) is 11.5 Å². The number of fused-ring (bicyclic) bond motifs is 1. The molecule has 2 atom stereocenters. The van der Waals surface area contributed by atoms with Crippen LogP contribution in [0.25, 0.3) is 10.6 Å². The van der Waals surface area contributed by atoms with Gasteiger partial charge in [-0.05, 0) is 34.8 Å². The van der Waals surface area contributed by atoms with Gasteiger partial charge >= 0.3 is 0 Å². The highest BCUT2D eigenvalue weighted by Crippen LogP contribution is 2.32. The Labute approximate surface area is 161 Å². The molecule has 138 valence electrons. The Bertz CT molecular complexity index is 985. The highest BCUT2D eigenvalue weighted by Gasteiger charge is 2.32. The van der Waals surface area contributed by atoms with Crippen molar-refractivity contribution in [2.45, 2.75) is 18.6 Å². The SMILES string of the molecule is CN(C)c1nsc(-c2cccc(C(=O)N[C@H]3c4ccccc4C[C@H]3O)c2)n1. The fourth-order valence-corrected chi connectivity index (χ4v) is 4.01. The number of carbonyl (C=O) groups is 1. The van der Waals surface area contributed by atoms with Gasteiger partial charge in [0.1, 0.15) is 5.01 Å². The molecule has 3 aromatic rings. The third kappa shape index (κ3) is 3.43. The highest BCUT2D eigenvalue weighted by molar-refractivity contribution is 7.09. The molecule has 0 radical (unpaired) electrons. The van der Waals surface area contributed by atoms with Gasteiger partial charge in [-0.15, -0.1) is 0 Å². The fourth-order valence-electron chi connectivity index (χ4n) is 3.28. The minimum atomic E-state index is -0.611. The second-order valence-electron chi connectivity index (χ2n) is 6.80. The van der Waals surface area contributed by atoms with Crippen LogP contribution in [0.3, 0.4) is 0 Å². The van der Waals surface area contributed by atoms with E-state index in [0.717, 1.165) is 21.7 Å². The zero-order valence-corrected chi connectivity index (χ0v) is 15.9. The molecular weight excluding hydrogens is 360 g/mol. The zero-order chi connectivity index (χ0) is 19.0. The van der Waals surface area contributed by atoms with Crippen molar-refractivity contribution < 1.29 is 9.90 Å². The molecule has 0 bridgehead atoms. The number of hydrogen-bond acceptors (Lipinski definition) is 6. The molecule has 0 saturated heterocycles. The third-order valence-electron chi connectivity index (χ3n) is 4.68. The lowest BCUT2D eigenvalue weighted by Crippen LogP contribution is -2.33. The molecule has 1 amide bonds. The van der Waals surface area contributed by atoms with E-state index in [4.69, 9.17) is 0 Å². The second kappa shape index (κ2) is 7.09. The number of nitrogens with one attached hydrogen (secondary N) is 1. The summed E-state index contributed by atoms with van der Waals surface area (Å²) in [5.74, 6) is 0.436. The van der Waals surface area contributed by atoms with Crippen LogP contribution in [-0.4, -0.2) is 40.6 Å². The quantitative estimate of drug-likeness (QED) is 0.728. The van der Waals surface area contributed by atoms with Gasteiger partial charge in [0, 0.05) is 31.6 Å². The summed E-state index contributed by atoms with van der Waals surface area (Å²) in [7, 11) is 3.78. The van der Waals surface area contributed by atoms with Crippen LogP contribution in [0.5, 0.6) is 0 Å². The third-order valence-corrected chi connectivity index (χ3v) is 5.43. The number of rotatable bonds is 4. The molecule has 1 heterocycles. The Morgan fingerprint density at radius 1 is 1.22 bits per heavy atom. The number of nitrogens with zero attached hydrogens (tertiary/aromatic N) is 3. The van der Waals surface area contributed by atoms with Gasteiger partial charge in [0.25, 0.3) is 5.91 Å². The van der Waals surface area contributed by atoms with Crippen molar-refractivity contribution in [3.8, 4) is 10.6 Å². The van der Waals surface area contributed by atoms with E-state index in [-0.39, 0.29) is 11.9 Å². The summed E-state index contributed by atoms with van der Waals surface area (Å²) >= 11 is 1.30. The normalized spacial score (nSPS) is 18.2. The summed E-state index contributed by atoms with van der Waals surface area (Å²) in [6, 6.07) is 14.7. The topological polar surface area (TPSA) is 78.4 Å².